The van der Waals surface area contributed by atoms with E-state index in [-0.39, 0.29) is 30.5 Å². The smallest absolute Gasteiger partial charge is 0.220 e. The van der Waals surface area contributed by atoms with E-state index in [1.54, 1.807) is 18.2 Å². The number of carbonyl (C=O) groups is 1. The van der Waals surface area contributed by atoms with Gasteiger partial charge in [0.15, 0.2) is 11.5 Å². The summed E-state index contributed by atoms with van der Waals surface area (Å²) in [5.41, 5.74) is 5.29. The molecular weight excluding hydrogens is 316 g/mol. The van der Waals surface area contributed by atoms with Crippen LogP contribution in [0, 0.1) is 0 Å². The van der Waals surface area contributed by atoms with Gasteiger partial charge >= 0.3 is 0 Å². The van der Waals surface area contributed by atoms with E-state index in [1.807, 2.05) is 0 Å². The molecule has 6 nitrogen and oxygen atoms in total. The Balaban J connectivity index is 0.00000220. The van der Waals surface area contributed by atoms with E-state index in [0.717, 1.165) is 0 Å². The standard InChI is InChI=1S/C13H18N2O4S.ClH/c14-4-5-15-13(16)3-8-20(17)10-1-2-11-12(9-10)19-7-6-18-11;/h1-2,9H,3-8,14H2,(H,15,16);1H. The van der Waals surface area contributed by atoms with Crippen molar-refractivity contribution in [2.75, 3.05) is 32.1 Å². The first-order valence-corrected chi connectivity index (χ1v) is 7.77. The molecular formula is C13H19ClN2O4S. The Morgan fingerprint density at radius 1 is 1.29 bits per heavy atom. The van der Waals surface area contributed by atoms with E-state index >= 15 is 0 Å². The highest BCUT2D eigenvalue weighted by Gasteiger charge is 2.14. The van der Waals surface area contributed by atoms with E-state index in [9.17, 15) is 9.00 Å². The Morgan fingerprint density at radius 3 is 2.71 bits per heavy atom. The van der Waals surface area contributed by atoms with Crippen LogP contribution in [0.15, 0.2) is 23.1 Å². The predicted molar refractivity (Wildman–Crippen MR) is 82.6 cm³/mol. The van der Waals surface area contributed by atoms with Gasteiger partial charge in [-0.25, -0.2) is 0 Å². The molecule has 1 amide bonds. The van der Waals surface area contributed by atoms with Gasteiger partial charge < -0.3 is 20.5 Å². The van der Waals surface area contributed by atoms with Crippen LogP contribution in [0.5, 0.6) is 11.5 Å². The van der Waals surface area contributed by atoms with Gasteiger partial charge in [0.2, 0.25) is 5.91 Å². The Kier molecular flexibility index (Phi) is 7.49. The second kappa shape index (κ2) is 8.86. The number of fused-ring (bicyclic) bond motifs is 1. The number of benzene rings is 1. The molecule has 1 aliphatic heterocycles. The highest BCUT2D eigenvalue weighted by Crippen LogP contribution is 2.31. The Labute approximate surface area is 132 Å². The summed E-state index contributed by atoms with van der Waals surface area (Å²) >= 11 is 0. The number of carbonyl (C=O) groups excluding carboxylic acids is 1. The van der Waals surface area contributed by atoms with E-state index in [1.165, 1.54) is 0 Å². The molecule has 1 unspecified atom stereocenters. The molecule has 1 atom stereocenters. The van der Waals surface area contributed by atoms with Crippen molar-refractivity contribution in [1.29, 1.82) is 0 Å². The molecule has 0 radical (unpaired) electrons. The fraction of sp³-hybridized carbons (Fsp3) is 0.462. The van der Waals surface area contributed by atoms with Gasteiger partial charge in [-0.15, -0.1) is 12.4 Å². The third kappa shape index (κ3) is 5.18. The van der Waals surface area contributed by atoms with Gasteiger partial charge in [0, 0.05) is 36.2 Å². The molecule has 2 rings (SSSR count). The van der Waals surface area contributed by atoms with Crippen molar-refractivity contribution in [3.8, 4) is 11.5 Å². The van der Waals surface area contributed by atoms with Gasteiger partial charge in [-0.3, -0.25) is 9.00 Å². The molecule has 118 valence electrons. The minimum absolute atomic E-state index is 0. The second-order valence-corrected chi connectivity index (χ2v) is 5.81. The molecule has 1 heterocycles. The molecule has 1 aliphatic rings. The van der Waals surface area contributed by atoms with Crippen LogP contribution in [-0.4, -0.2) is 42.2 Å². The number of ether oxygens (including phenoxy) is 2. The van der Waals surface area contributed by atoms with Crippen molar-refractivity contribution in [1.82, 2.24) is 5.32 Å². The lowest BCUT2D eigenvalue weighted by Gasteiger charge is -2.18. The van der Waals surface area contributed by atoms with E-state index < -0.39 is 10.8 Å². The number of nitrogens with one attached hydrogen (secondary N) is 1. The van der Waals surface area contributed by atoms with Crippen molar-refractivity contribution in [2.45, 2.75) is 11.3 Å². The minimum Gasteiger partial charge on any atom is -0.486 e. The zero-order chi connectivity index (χ0) is 14.4. The zero-order valence-electron chi connectivity index (χ0n) is 11.5. The first-order chi connectivity index (χ1) is 9.70. The highest BCUT2D eigenvalue weighted by molar-refractivity contribution is 7.85. The Bertz CT molecular complexity index is 513. The Morgan fingerprint density at radius 2 is 2.00 bits per heavy atom. The van der Waals surface area contributed by atoms with Crippen LogP contribution in [0.2, 0.25) is 0 Å². The SMILES string of the molecule is Cl.NCCNC(=O)CCS(=O)c1ccc2c(c1)OCCO2. The Hall–Kier alpha value is -1.31. The maximum atomic E-state index is 12.1. The van der Waals surface area contributed by atoms with Crippen molar-refractivity contribution in [2.24, 2.45) is 5.73 Å². The summed E-state index contributed by atoms with van der Waals surface area (Å²) in [6.45, 7) is 1.85. The number of halogens is 1. The average Bonchev–Trinajstić information content (AvgIpc) is 2.50. The number of hydrogen-bond acceptors (Lipinski definition) is 5. The molecule has 0 spiro atoms. The third-order valence-corrected chi connectivity index (χ3v) is 4.11. The summed E-state index contributed by atoms with van der Waals surface area (Å²) in [5.74, 6) is 1.41. The van der Waals surface area contributed by atoms with Gasteiger partial charge in [-0.05, 0) is 12.1 Å². The molecule has 0 aliphatic carbocycles. The third-order valence-electron chi connectivity index (χ3n) is 2.76. The summed E-state index contributed by atoms with van der Waals surface area (Å²) in [5, 5.41) is 2.65. The summed E-state index contributed by atoms with van der Waals surface area (Å²) in [7, 11) is -1.24. The van der Waals surface area contributed by atoms with Crippen LogP contribution in [0.25, 0.3) is 0 Å². The fourth-order valence-electron chi connectivity index (χ4n) is 1.77. The van der Waals surface area contributed by atoms with Crippen LogP contribution in [0.3, 0.4) is 0 Å². The summed E-state index contributed by atoms with van der Waals surface area (Å²) < 4.78 is 23.0. The molecule has 1 aromatic rings. The minimum atomic E-state index is -1.24. The normalized spacial score (nSPS) is 14.0. The van der Waals surface area contributed by atoms with E-state index in [2.05, 4.69) is 5.32 Å². The average molecular weight is 335 g/mol. The van der Waals surface area contributed by atoms with Crippen LogP contribution < -0.4 is 20.5 Å². The van der Waals surface area contributed by atoms with Crippen molar-refractivity contribution >= 4 is 29.1 Å². The second-order valence-electron chi connectivity index (χ2n) is 4.24. The molecule has 0 bridgehead atoms. The molecule has 1 aromatic carbocycles. The highest BCUT2D eigenvalue weighted by atomic mass is 35.5. The molecule has 8 heteroatoms. The largest absolute Gasteiger partial charge is 0.486 e. The molecule has 0 saturated heterocycles. The lowest BCUT2D eigenvalue weighted by Crippen LogP contribution is -2.29. The first-order valence-electron chi connectivity index (χ1n) is 6.45. The van der Waals surface area contributed by atoms with Crippen LogP contribution >= 0.6 is 12.4 Å². The van der Waals surface area contributed by atoms with Gasteiger partial charge in [0.25, 0.3) is 0 Å². The molecule has 0 fully saturated rings. The van der Waals surface area contributed by atoms with Crippen LogP contribution in [0.1, 0.15) is 6.42 Å². The lowest BCUT2D eigenvalue weighted by molar-refractivity contribution is -0.120. The molecule has 21 heavy (non-hydrogen) atoms. The summed E-state index contributed by atoms with van der Waals surface area (Å²) in [6, 6.07) is 5.19. The van der Waals surface area contributed by atoms with Gasteiger partial charge in [0.1, 0.15) is 13.2 Å². The number of rotatable bonds is 6. The van der Waals surface area contributed by atoms with Crippen LogP contribution in [-0.2, 0) is 15.6 Å². The maximum absolute atomic E-state index is 12.1. The fourth-order valence-corrected chi connectivity index (χ4v) is 2.83. The summed E-state index contributed by atoms with van der Waals surface area (Å²) in [6.07, 6.45) is 0.209. The summed E-state index contributed by atoms with van der Waals surface area (Å²) in [4.78, 5) is 12.1. The van der Waals surface area contributed by atoms with E-state index in [4.69, 9.17) is 15.2 Å². The topological polar surface area (TPSA) is 90.7 Å². The van der Waals surface area contributed by atoms with Crippen molar-refractivity contribution in [3.05, 3.63) is 18.2 Å². The maximum Gasteiger partial charge on any atom is 0.220 e. The number of hydrogen-bond donors (Lipinski definition) is 2. The quantitative estimate of drug-likeness (QED) is 0.788. The van der Waals surface area contributed by atoms with E-state index in [0.29, 0.717) is 42.7 Å². The van der Waals surface area contributed by atoms with Crippen LogP contribution in [0.4, 0.5) is 0 Å². The van der Waals surface area contributed by atoms with Gasteiger partial charge in [-0.1, -0.05) is 0 Å². The zero-order valence-corrected chi connectivity index (χ0v) is 13.1. The van der Waals surface area contributed by atoms with Crippen molar-refractivity contribution < 1.29 is 18.5 Å². The molecule has 0 aromatic heterocycles. The molecule has 0 saturated carbocycles. The first kappa shape index (κ1) is 17.7. The number of amides is 1. The van der Waals surface area contributed by atoms with Gasteiger partial charge in [-0.2, -0.15) is 0 Å². The lowest BCUT2D eigenvalue weighted by atomic mass is 10.3. The number of nitrogens with two attached hydrogens (primary N) is 1. The monoisotopic (exact) mass is 334 g/mol. The molecule has 3 N–H and O–H groups in total. The predicted octanol–water partition coefficient (Wildman–Crippen LogP) is 0.452. The van der Waals surface area contributed by atoms with Crippen molar-refractivity contribution in [3.63, 3.8) is 0 Å². The van der Waals surface area contributed by atoms with Gasteiger partial charge in [0.05, 0.1) is 10.8 Å².